The molecule has 6 heteroatoms. The van der Waals surface area contributed by atoms with Crippen LogP contribution in [0.2, 0.25) is 5.02 Å². The third-order valence-corrected chi connectivity index (χ3v) is 3.14. The molecule has 0 aliphatic heterocycles. The second-order valence-corrected chi connectivity index (χ2v) is 4.81. The summed E-state index contributed by atoms with van der Waals surface area (Å²) >= 11 is 5.71. The average Bonchev–Trinajstić information content (AvgIpc) is 3.01. The van der Waals surface area contributed by atoms with E-state index in [1.165, 1.54) is 6.07 Å². The third-order valence-electron chi connectivity index (χ3n) is 2.91. The fourth-order valence-electron chi connectivity index (χ4n) is 1.84. The number of nitrogens with one attached hydrogen (secondary N) is 1. The van der Waals surface area contributed by atoms with E-state index in [9.17, 15) is 4.39 Å². The number of benzene rings is 1. The lowest BCUT2D eigenvalue weighted by molar-refractivity contribution is 0.288. The Morgan fingerprint density at radius 1 is 1.24 bits per heavy atom. The van der Waals surface area contributed by atoms with E-state index in [0.717, 1.165) is 11.3 Å². The first-order valence-electron chi connectivity index (χ1n) is 6.25. The Labute approximate surface area is 125 Å². The van der Waals surface area contributed by atoms with Gasteiger partial charge in [0, 0.05) is 28.4 Å². The molecule has 0 aliphatic rings. The number of hydrogen-bond acceptors (Lipinski definition) is 3. The molecule has 1 N–H and O–H groups in total. The van der Waals surface area contributed by atoms with Crippen molar-refractivity contribution in [3.63, 3.8) is 0 Å². The van der Waals surface area contributed by atoms with Gasteiger partial charge in [-0.05, 0) is 18.2 Å². The number of pyridine rings is 1. The van der Waals surface area contributed by atoms with Crippen molar-refractivity contribution in [2.45, 2.75) is 6.61 Å². The van der Waals surface area contributed by atoms with Crippen LogP contribution in [-0.4, -0.2) is 15.2 Å². The van der Waals surface area contributed by atoms with Crippen molar-refractivity contribution in [2.24, 2.45) is 0 Å². The quantitative estimate of drug-likeness (QED) is 0.796. The van der Waals surface area contributed by atoms with E-state index >= 15 is 0 Å². The SMILES string of the molecule is Fc1cc(Cl)ccc1COc1cccc(-c2cn[nH]c2)n1. The van der Waals surface area contributed by atoms with Crippen LogP contribution in [0.1, 0.15) is 5.56 Å². The Hall–Kier alpha value is -2.40. The summed E-state index contributed by atoms with van der Waals surface area (Å²) < 4.78 is 19.2. The molecule has 0 saturated heterocycles. The Morgan fingerprint density at radius 3 is 2.90 bits per heavy atom. The topological polar surface area (TPSA) is 50.8 Å². The zero-order valence-corrected chi connectivity index (χ0v) is 11.6. The van der Waals surface area contributed by atoms with Crippen molar-refractivity contribution in [3.05, 3.63) is 65.2 Å². The van der Waals surface area contributed by atoms with Gasteiger partial charge in [0.1, 0.15) is 12.4 Å². The molecule has 3 rings (SSSR count). The summed E-state index contributed by atoms with van der Waals surface area (Å²) in [6, 6.07) is 9.87. The Bertz CT molecular complexity index is 746. The number of halogens is 2. The second kappa shape index (κ2) is 5.93. The lowest BCUT2D eigenvalue weighted by Crippen LogP contribution is -2.00. The molecule has 0 radical (unpaired) electrons. The highest BCUT2D eigenvalue weighted by molar-refractivity contribution is 6.30. The third kappa shape index (κ3) is 3.20. The minimum atomic E-state index is -0.395. The van der Waals surface area contributed by atoms with Crippen LogP contribution in [0.5, 0.6) is 5.88 Å². The molecule has 0 aliphatic carbocycles. The van der Waals surface area contributed by atoms with Gasteiger partial charge in [-0.25, -0.2) is 9.37 Å². The number of aromatic amines is 1. The van der Waals surface area contributed by atoms with Crippen molar-refractivity contribution in [1.82, 2.24) is 15.2 Å². The molecule has 0 spiro atoms. The number of ether oxygens (including phenoxy) is 1. The first-order chi connectivity index (χ1) is 10.2. The molecule has 0 bridgehead atoms. The largest absolute Gasteiger partial charge is 0.473 e. The fraction of sp³-hybridized carbons (Fsp3) is 0.0667. The van der Waals surface area contributed by atoms with Gasteiger partial charge in [-0.3, -0.25) is 5.10 Å². The molecule has 0 amide bonds. The highest BCUT2D eigenvalue weighted by Crippen LogP contribution is 2.20. The summed E-state index contributed by atoms with van der Waals surface area (Å²) in [6.07, 6.45) is 3.41. The summed E-state index contributed by atoms with van der Waals surface area (Å²) in [4.78, 5) is 4.35. The van der Waals surface area contributed by atoms with E-state index in [-0.39, 0.29) is 6.61 Å². The van der Waals surface area contributed by atoms with E-state index in [4.69, 9.17) is 16.3 Å². The highest BCUT2D eigenvalue weighted by atomic mass is 35.5. The Balaban J connectivity index is 1.75. The summed E-state index contributed by atoms with van der Waals surface area (Å²) in [6.45, 7) is 0.0881. The number of H-pyrrole nitrogens is 1. The van der Waals surface area contributed by atoms with Gasteiger partial charge in [-0.1, -0.05) is 23.7 Å². The predicted molar refractivity (Wildman–Crippen MR) is 77.6 cm³/mol. The van der Waals surface area contributed by atoms with Crippen LogP contribution in [0.3, 0.4) is 0 Å². The highest BCUT2D eigenvalue weighted by Gasteiger charge is 2.06. The minimum Gasteiger partial charge on any atom is -0.473 e. The maximum absolute atomic E-state index is 13.7. The van der Waals surface area contributed by atoms with Crippen LogP contribution in [-0.2, 0) is 6.61 Å². The van der Waals surface area contributed by atoms with Crippen molar-refractivity contribution in [2.75, 3.05) is 0 Å². The predicted octanol–water partition coefficient (Wildman–Crippen LogP) is 3.84. The summed E-state index contributed by atoms with van der Waals surface area (Å²) in [5.74, 6) is 0.0246. The van der Waals surface area contributed by atoms with Gasteiger partial charge in [0.05, 0.1) is 11.9 Å². The maximum atomic E-state index is 13.7. The van der Waals surface area contributed by atoms with Crippen LogP contribution < -0.4 is 4.74 Å². The van der Waals surface area contributed by atoms with Crippen LogP contribution in [0, 0.1) is 5.82 Å². The van der Waals surface area contributed by atoms with Crippen molar-refractivity contribution in [1.29, 1.82) is 0 Å². The summed E-state index contributed by atoms with van der Waals surface area (Å²) in [5, 5.41) is 6.96. The first-order valence-corrected chi connectivity index (χ1v) is 6.63. The standard InChI is InChI=1S/C15H11ClFN3O/c16-12-5-4-10(13(17)6-12)9-21-15-3-1-2-14(20-15)11-7-18-19-8-11/h1-8H,9H2,(H,18,19). The smallest absolute Gasteiger partial charge is 0.214 e. The summed E-state index contributed by atoms with van der Waals surface area (Å²) in [5.41, 5.74) is 2.02. The normalized spacial score (nSPS) is 10.6. The van der Waals surface area contributed by atoms with Crippen molar-refractivity contribution >= 4 is 11.6 Å². The van der Waals surface area contributed by atoms with Gasteiger partial charge in [-0.15, -0.1) is 0 Å². The van der Waals surface area contributed by atoms with Gasteiger partial charge in [0.25, 0.3) is 0 Å². The minimum absolute atomic E-state index is 0.0881. The van der Waals surface area contributed by atoms with Crippen LogP contribution >= 0.6 is 11.6 Å². The van der Waals surface area contributed by atoms with Crippen molar-refractivity contribution in [3.8, 4) is 17.1 Å². The molecular formula is C15H11ClFN3O. The summed E-state index contributed by atoms with van der Waals surface area (Å²) in [7, 11) is 0. The number of nitrogens with zero attached hydrogens (tertiary/aromatic N) is 2. The molecule has 0 saturated carbocycles. The zero-order chi connectivity index (χ0) is 14.7. The van der Waals surface area contributed by atoms with Crippen molar-refractivity contribution < 1.29 is 9.13 Å². The zero-order valence-electron chi connectivity index (χ0n) is 10.9. The van der Waals surface area contributed by atoms with Gasteiger partial charge in [0.15, 0.2) is 0 Å². The van der Waals surface area contributed by atoms with Gasteiger partial charge < -0.3 is 4.74 Å². The number of rotatable bonds is 4. The molecule has 0 unspecified atom stereocenters. The monoisotopic (exact) mass is 303 g/mol. The van der Waals surface area contributed by atoms with E-state index < -0.39 is 5.82 Å². The van der Waals surface area contributed by atoms with E-state index in [1.54, 1.807) is 30.6 Å². The number of aromatic nitrogens is 3. The van der Waals surface area contributed by atoms with Gasteiger partial charge >= 0.3 is 0 Å². The van der Waals surface area contributed by atoms with Gasteiger partial charge in [-0.2, -0.15) is 5.10 Å². The molecule has 0 fully saturated rings. The maximum Gasteiger partial charge on any atom is 0.214 e. The van der Waals surface area contributed by atoms with Gasteiger partial charge in [0.2, 0.25) is 5.88 Å². The first kappa shape index (κ1) is 13.6. The fourth-order valence-corrected chi connectivity index (χ4v) is 2.00. The second-order valence-electron chi connectivity index (χ2n) is 4.37. The van der Waals surface area contributed by atoms with Crippen LogP contribution in [0.4, 0.5) is 4.39 Å². The Kier molecular flexibility index (Phi) is 3.83. The van der Waals surface area contributed by atoms with E-state index in [1.807, 2.05) is 12.1 Å². The molecule has 1 aromatic carbocycles. The molecule has 106 valence electrons. The molecule has 4 nitrogen and oxygen atoms in total. The Morgan fingerprint density at radius 2 is 2.14 bits per heavy atom. The molecule has 3 aromatic rings. The molecular weight excluding hydrogens is 293 g/mol. The lowest BCUT2D eigenvalue weighted by Gasteiger charge is -2.07. The molecule has 2 aromatic heterocycles. The van der Waals surface area contributed by atoms with Crippen LogP contribution in [0.15, 0.2) is 48.8 Å². The molecule has 21 heavy (non-hydrogen) atoms. The molecule has 2 heterocycles. The van der Waals surface area contributed by atoms with Crippen LogP contribution in [0.25, 0.3) is 11.3 Å². The average molecular weight is 304 g/mol. The van der Waals surface area contributed by atoms with E-state index in [2.05, 4.69) is 15.2 Å². The molecule has 0 atom stereocenters. The lowest BCUT2D eigenvalue weighted by atomic mass is 10.2. The van der Waals surface area contributed by atoms with E-state index in [0.29, 0.717) is 16.5 Å². The number of hydrogen-bond donors (Lipinski definition) is 1.